The third-order valence-corrected chi connectivity index (χ3v) is 4.63. The summed E-state index contributed by atoms with van der Waals surface area (Å²) in [6, 6.07) is 7.49. The van der Waals surface area contributed by atoms with Crippen LogP contribution in [-0.4, -0.2) is 14.3 Å². The molecule has 1 aromatic carbocycles. The monoisotopic (exact) mass is 396 g/mol. The van der Waals surface area contributed by atoms with Crippen molar-refractivity contribution in [1.29, 1.82) is 0 Å². The number of nitrogens with zero attached hydrogens (tertiary/aromatic N) is 2. The summed E-state index contributed by atoms with van der Waals surface area (Å²) >= 11 is 0.596. The lowest BCUT2D eigenvalue weighted by atomic mass is 9.88. The molecule has 0 aliphatic heterocycles. The first kappa shape index (κ1) is 21.3. The molecule has 0 unspecified atom stereocenters. The molecule has 0 spiro atoms. The second-order valence-electron chi connectivity index (χ2n) is 5.92. The number of hydrogen-bond donors (Lipinski definition) is 1. The Morgan fingerprint density at radius 2 is 1.81 bits per heavy atom. The number of benzene rings is 1. The number of allylic oxidation sites excluding steroid dienone is 4. The SMILES string of the molecule is C/C(=C\C=C(/C)n1nc(C(F)(F)F)c2c1-c1ccccc1CC2)SO.CC. The third-order valence-electron chi connectivity index (χ3n) is 4.21. The number of hydrogen-bond acceptors (Lipinski definition) is 3. The van der Waals surface area contributed by atoms with Crippen molar-refractivity contribution < 1.29 is 17.7 Å². The van der Waals surface area contributed by atoms with Crippen molar-refractivity contribution in [2.45, 2.75) is 46.7 Å². The maximum absolute atomic E-state index is 13.5. The Kier molecular flexibility index (Phi) is 6.95. The number of halogens is 3. The van der Waals surface area contributed by atoms with E-state index in [-0.39, 0.29) is 5.56 Å². The minimum Gasteiger partial charge on any atom is -0.326 e. The van der Waals surface area contributed by atoms with Crippen LogP contribution in [0.1, 0.15) is 44.5 Å². The van der Waals surface area contributed by atoms with Crippen LogP contribution in [0.3, 0.4) is 0 Å². The molecular weight excluding hydrogens is 373 g/mol. The van der Waals surface area contributed by atoms with Crippen LogP contribution in [0.2, 0.25) is 0 Å². The van der Waals surface area contributed by atoms with Crippen LogP contribution in [0.4, 0.5) is 13.2 Å². The predicted molar refractivity (Wildman–Crippen MR) is 105 cm³/mol. The first-order valence-corrected chi connectivity index (χ1v) is 9.54. The van der Waals surface area contributed by atoms with E-state index in [9.17, 15) is 13.2 Å². The Labute approximate surface area is 161 Å². The van der Waals surface area contributed by atoms with Crippen molar-refractivity contribution in [3.8, 4) is 11.3 Å². The summed E-state index contributed by atoms with van der Waals surface area (Å²) in [5.41, 5.74) is 2.30. The molecule has 1 aliphatic rings. The number of alkyl halides is 3. The van der Waals surface area contributed by atoms with Gasteiger partial charge in [-0.05, 0) is 44.4 Å². The van der Waals surface area contributed by atoms with Crippen LogP contribution >= 0.6 is 12.0 Å². The van der Waals surface area contributed by atoms with E-state index in [1.54, 1.807) is 26.0 Å². The van der Waals surface area contributed by atoms with Crippen LogP contribution in [0, 0.1) is 0 Å². The van der Waals surface area contributed by atoms with Gasteiger partial charge in [-0.1, -0.05) is 38.1 Å². The van der Waals surface area contributed by atoms with Gasteiger partial charge >= 0.3 is 6.18 Å². The summed E-state index contributed by atoms with van der Waals surface area (Å²) < 4.78 is 50.7. The van der Waals surface area contributed by atoms with E-state index in [0.717, 1.165) is 11.1 Å². The van der Waals surface area contributed by atoms with E-state index < -0.39 is 11.9 Å². The van der Waals surface area contributed by atoms with Crippen molar-refractivity contribution in [2.75, 3.05) is 0 Å². The highest BCUT2D eigenvalue weighted by molar-refractivity contribution is 7.97. The van der Waals surface area contributed by atoms with Gasteiger partial charge in [0.1, 0.15) is 0 Å². The Bertz CT molecular complexity index is 867. The van der Waals surface area contributed by atoms with E-state index >= 15 is 0 Å². The number of rotatable bonds is 3. The molecule has 1 heterocycles. The lowest BCUT2D eigenvalue weighted by Crippen LogP contribution is -2.11. The number of aryl methyl sites for hydroxylation is 1. The highest BCUT2D eigenvalue weighted by Gasteiger charge is 2.40. The summed E-state index contributed by atoms with van der Waals surface area (Å²) in [5, 5.41) is 3.89. The Morgan fingerprint density at radius 3 is 2.44 bits per heavy atom. The second kappa shape index (κ2) is 8.80. The van der Waals surface area contributed by atoms with Gasteiger partial charge in [-0.2, -0.15) is 18.3 Å². The van der Waals surface area contributed by atoms with Crippen molar-refractivity contribution in [3.05, 3.63) is 58.1 Å². The maximum atomic E-state index is 13.5. The van der Waals surface area contributed by atoms with E-state index in [1.165, 1.54) is 4.68 Å². The van der Waals surface area contributed by atoms with Gasteiger partial charge in [-0.15, -0.1) is 0 Å². The molecule has 0 saturated carbocycles. The lowest BCUT2D eigenvalue weighted by Gasteiger charge is -2.19. The topological polar surface area (TPSA) is 38.0 Å². The molecule has 0 radical (unpaired) electrons. The van der Waals surface area contributed by atoms with Gasteiger partial charge in [0.05, 0.1) is 5.69 Å². The molecule has 7 heteroatoms. The van der Waals surface area contributed by atoms with E-state index in [0.29, 0.717) is 41.2 Å². The fourth-order valence-corrected chi connectivity index (χ4v) is 3.14. The normalized spacial score (nSPS) is 14.2. The van der Waals surface area contributed by atoms with Gasteiger partial charge in [0.15, 0.2) is 5.69 Å². The molecular formula is C20H23F3N2OS. The van der Waals surface area contributed by atoms with Gasteiger partial charge in [-0.3, -0.25) is 0 Å². The smallest absolute Gasteiger partial charge is 0.326 e. The number of fused-ring (bicyclic) bond motifs is 3. The summed E-state index contributed by atoms with van der Waals surface area (Å²) in [6.45, 7) is 7.42. The van der Waals surface area contributed by atoms with Crippen LogP contribution in [0.5, 0.6) is 0 Å². The van der Waals surface area contributed by atoms with Crippen molar-refractivity contribution in [2.24, 2.45) is 0 Å². The van der Waals surface area contributed by atoms with Gasteiger partial charge in [0, 0.05) is 33.8 Å². The highest BCUT2D eigenvalue weighted by atomic mass is 32.2. The van der Waals surface area contributed by atoms with E-state index in [2.05, 4.69) is 5.10 Å². The standard InChI is InChI=1S/C18H17F3N2OS.C2H6/c1-11(7-8-12(2)25-24)23-16-14-6-4-3-5-13(14)9-10-15(16)17(22-23)18(19,20)21;1-2/h3-8,24H,9-10H2,1-2H3;1-2H3/b11-7+,12-8+;. The third kappa shape index (κ3) is 4.47. The number of aromatic nitrogens is 2. The Morgan fingerprint density at radius 1 is 1.15 bits per heavy atom. The first-order valence-electron chi connectivity index (χ1n) is 8.77. The molecule has 1 aromatic heterocycles. The Hall–Kier alpha value is -1.99. The van der Waals surface area contributed by atoms with Crippen LogP contribution in [0.25, 0.3) is 17.0 Å². The van der Waals surface area contributed by atoms with E-state index in [1.807, 2.05) is 38.1 Å². The minimum absolute atomic E-state index is 0.246. The molecule has 3 rings (SSSR count). The van der Waals surface area contributed by atoms with Crippen LogP contribution in [0.15, 0.2) is 41.3 Å². The van der Waals surface area contributed by atoms with Gasteiger partial charge < -0.3 is 4.55 Å². The molecule has 146 valence electrons. The highest BCUT2D eigenvalue weighted by Crippen LogP contribution is 2.41. The summed E-state index contributed by atoms with van der Waals surface area (Å²) in [7, 11) is 0. The molecule has 27 heavy (non-hydrogen) atoms. The second-order valence-corrected chi connectivity index (χ2v) is 6.75. The van der Waals surface area contributed by atoms with Crippen molar-refractivity contribution in [1.82, 2.24) is 9.78 Å². The summed E-state index contributed by atoms with van der Waals surface area (Å²) in [6.07, 6.45) is -0.301. The molecule has 0 atom stereocenters. The van der Waals surface area contributed by atoms with Crippen molar-refractivity contribution >= 4 is 17.7 Å². The molecule has 3 nitrogen and oxygen atoms in total. The molecule has 1 N–H and O–H groups in total. The van der Waals surface area contributed by atoms with Gasteiger partial charge in [0.25, 0.3) is 0 Å². The molecule has 0 fully saturated rings. The fraction of sp³-hybridized carbons (Fsp3) is 0.350. The summed E-state index contributed by atoms with van der Waals surface area (Å²) in [5.74, 6) is 0. The zero-order valence-corrected chi connectivity index (χ0v) is 16.6. The average molecular weight is 396 g/mol. The largest absolute Gasteiger partial charge is 0.435 e. The van der Waals surface area contributed by atoms with Crippen molar-refractivity contribution in [3.63, 3.8) is 0 Å². The zero-order valence-electron chi connectivity index (χ0n) is 15.8. The predicted octanol–water partition coefficient (Wildman–Crippen LogP) is 6.66. The van der Waals surface area contributed by atoms with Gasteiger partial charge in [-0.25, -0.2) is 4.68 Å². The Balaban J connectivity index is 0.00000126. The van der Waals surface area contributed by atoms with E-state index in [4.69, 9.17) is 4.55 Å². The molecule has 0 amide bonds. The molecule has 1 aliphatic carbocycles. The van der Waals surface area contributed by atoms with Crippen LogP contribution in [-0.2, 0) is 19.0 Å². The fourth-order valence-electron chi connectivity index (χ4n) is 3.01. The molecule has 0 saturated heterocycles. The first-order chi connectivity index (χ1) is 12.8. The summed E-state index contributed by atoms with van der Waals surface area (Å²) in [4.78, 5) is 0.636. The quantitative estimate of drug-likeness (QED) is 0.465. The average Bonchev–Trinajstić information content (AvgIpc) is 3.08. The lowest BCUT2D eigenvalue weighted by molar-refractivity contribution is -0.141. The molecule has 2 aromatic rings. The molecule has 0 bridgehead atoms. The van der Waals surface area contributed by atoms with Gasteiger partial charge in [0.2, 0.25) is 0 Å². The zero-order chi connectivity index (χ0) is 20.2. The minimum atomic E-state index is -4.49. The van der Waals surface area contributed by atoms with Crippen LogP contribution < -0.4 is 0 Å². The maximum Gasteiger partial charge on any atom is 0.435 e.